The lowest BCUT2D eigenvalue weighted by molar-refractivity contribution is -0.163. The van der Waals surface area contributed by atoms with Crippen LogP contribution in [-0.2, 0) is 16.1 Å². The quantitative estimate of drug-likeness (QED) is 0.808. The zero-order chi connectivity index (χ0) is 17.6. The van der Waals surface area contributed by atoms with Crippen molar-refractivity contribution in [2.45, 2.75) is 57.2 Å². The minimum Gasteiger partial charge on any atom is -0.489 e. The molecule has 2 fully saturated rings. The third-order valence-electron chi connectivity index (χ3n) is 5.15. The number of nitrogens with zero attached hydrogens (tertiary/aromatic N) is 2. The predicted octanol–water partition coefficient (Wildman–Crippen LogP) is 1.78. The van der Waals surface area contributed by atoms with Gasteiger partial charge >= 0.3 is 0 Å². The lowest BCUT2D eigenvalue weighted by atomic mass is 10.1. The Balaban J connectivity index is 0.00000196. The highest BCUT2D eigenvalue weighted by atomic mass is 35.5. The molecule has 0 aromatic heterocycles. The van der Waals surface area contributed by atoms with Crippen LogP contribution in [0.15, 0.2) is 18.2 Å². The number of carbonyl (C=O) groups is 3. The van der Waals surface area contributed by atoms with Gasteiger partial charge in [0.2, 0.25) is 11.8 Å². The largest absolute Gasteiger partial charge is 0.489 e. The summed E-state index contributed by atoms with van der Waals surface area (Å²) < 4.78 is 5.97. The first-order valence-electron chi connectivity index (χ1n) is 8.77. The highest BCUT2D eigenvalue weighted by Gasteiger charge is 2.39. The number of nitrogens with two attached hydrogens (primary N) is 1. The van der Waals surface area contributed by atoms with Gasteiger partial charge in [-0.3, -0.25) is 14.4 Å². The number of fused-ring (bicyclic) bond motifs is 1. The second-order valence-electron chi connectivity index (χ2n) is 6.89. The maximum atomic E-state index is 12.6. The van der Waals surface area contributed by atoms with Crippen LogP contribution in [-0.4, -0.2) is 39.9 Å². The minimum atomic E-state index is -0.317. The zero-order valence-corrected chi connectivity index (χ0v) is 15.2. The van der Waals surface area contributed by atoms with Crippen LogP contribution in [0, 0.1) is 0 Å². The Bertz CT molecular complexity index is 738. The summed E-state index contributed by atoms with van der Waals surface area (Å²) in [6.07, 6.45) is 4.07. The van der Waals surface area contributed by atoms with E-state index in [9.17, 15) is 14.4 Å². The van der Waals surface area contributed by atoms with Crippen molar-refractivity contribution in [2.75, 3.05) is 0 Å². The van der Waals surface area contributed by atoms with E-state index >= 15 is 0 Å². The van der Waals surface area contributed by atoms with Gasteiger partial charge in [-0.1, -0.05) is 0 Å². The highest BCUT2D eigenvalue weighted by molar-refractivity contribution is 6.04. The molecule has 2 heterocycles. The Morgan fingerprint density at radius 1 is 1.04 bits per heavy atom. The van der Waals surface area contributed by atoms with E-state index in [0.717, 1.165) is 29.8 Å². The molecule has 8 heteroatoms. The molecule has 2 aliphatic heterocycles. The van der Waals surface area contributed by atoms with Crippen molar-refractivity contribution in [2.24, 2.45) is 5.73 Å². The van der Waals surface area contributed by atoms with E-state index in [4.69, 9.17) is 10.5 Å². The Hall–Kier alpha value is -2.12. The van der Waals surface area contributed by atoms with Crippen molar-refractivity contribution in [3.05, 3.63) is 29.3 Å². The molecule has 1 aromatic carbocycles. The van der Waals surface area contributed by atoms with Crippen LogP contribution in [0.5, 0.6) is 5.75 Å². The Morgan fingerprint density at radius 2 is 1.77 bits per heavy atom. The summed E-state index contributed by atoms with van der Waals surface area (Å²) >= 11 is 0. The van der Waals surface area contributed by atoms with Gasteiger partial charge in [0.05, 0.1) is 6.54 Å². The molecular weight excluding hydrogens is 358 g/mol. The lowest BCUT2D eigenvalue weighted by Crippen LogP contribution is -2.51. The average Bonchev–Trinajstić information content (AvgIpc) is 3.12. The van der Waals surface area contributed by atoms with E-state index < -0.39 is 0 Å². The number of rotatable bonds is 3. The van der Waals surface area contributed by atoms with Gasteiger partial charge < -0.3 is 10.5 Å². The third kappa shape index (κ3) is 3.17. The summed E-state index contributed by atoms with van der Waals surface area (Å²) in [5, 5.41) is 2.26. The van der Waals surface area contributed by atoms with Crippen molar-refractivity contribution in [3.63, 3.8) is 0 Å². The third-order valence-corrected chi connectivity index (χ3v) is 5.15. The number of ether oxygens (including phenoxy) is 1. The van der Waals surface area contributed by atoms with Crippen LogP contribution in [0.1, 0.15) is 54.4 Å². The first-order chi connectivity index (χ1) is 12.0. The van der Waals surface area contributed by atoms with Crippen molar-refractivity contribution in [3.8, 4) is 5.75 Å². The summed E-state index contributed by atoms with van der Waals surface area (Å²) in [7, 11) is 0. The van der Waals surface area contributed by atoms with Gasteiger partial charge in [0.15, 0.2) is 0 Å². The number of benzene rings is 1. The SMILES string of the molecule is Cl.N[C@H]1CCC[C@@H]1Oc1ccc2c(c1)CN(N1C(=O)CCCC1=O)C2=O. The average molecular weight is 380 g/mol. The second-order valence-corrected chi connectivity index (χ2v) is 6.89. The van der Waals surface area contributed by atoms with Gasteiger partial charge in [0.25, 0.3) is 5.91 Å². The molecule has 3 aliphatic rings. The molecule has 1 saturated carbocycles. The van der Waals surface area contributed by atoms with Gasteiger partial charge in [0, 0.05) is 24.4 Å². The summed E-state index contributed by atoms with van der Waals surface area (Å²) in [4.78, 5) is 36.8. The number of amides is 3. The van der Waals surface area contributed by atoms with Gasteiger partial charge in [-0.25, -0.2) is 5.01 Å². The number of carbonyl (C=O) groups excluding carboxylic acids is 3. The number of piperidine rings is 1. The molecule has 2 N–H and O–H groups in total. The number of hydrazine groups is 1. The summed E-state index contributed by atoms with van der Waals surface area (Å²) in [6.45, 7) is 0.208. The number of hydrogen-bond donors (Lipinski definition) is 1. The monoisotopic (exact) mass is 379 g/mol. The standard InChI is InChI=1S/C18H21N3O4.ClH/c19-14-3-1-4-15(14)25-12-7-8-13-11(9-12)10-20(18(13)24)21-16(22)5-2-6-17(21)23;/h7-9,14-15H,1-6,10,19H2;1H/t14-,15-;/m0./s1. The van der Waals surface area contributed by atoms with Crippen molar-refractivity contribution in [1.82, 2.24) is 10.0 Å². The molecule has 3 amide bonds. The summed E-state index contributed by atoms with van der Waals surface area (Å²) in [5.41, 5.74) is 7.32. The zero-order valence-electron chi connectivity index (χ0n) is 14.3. The van der Waals surface area contributed by atoms with E-state index in [1.165, 1.54) is 5.01 Å². The number of halogens is 1. The molecule has 7 nitrogen and oxygen atoms in total. The van der Waals surface area contributed by atoms with Crippen LogP contribution in [0.2, 0.25) is 0 Å². The second kappa shape index (κ2) is 7.25. The maximum absolute atomic E-state index is 12.6. The van der Waals surface area contributed by atoms with Crippen LogP contribution < -0.4 is 10.5 Å². The van der Waals surface area contributed by atoms with Crippen molar-refractivity contribution >= 4 is 30.1 Å². The van der Waals surface area contributed by atoms with Gasteiger partial charge in [0.1, 0.15) is 11.9 Å². The lowest BCUT2D eigenvalue weighted by Gasteiger charge is -2.32. The topological polar surface area (TPSA) is 92.9 Å². The van der Waals surface area contributed by atoms with Gasteiger partial charge in [-0.2, -0.15) is 5.01 Å². The molecule has 0 bridgehead atoms. The summed E-state index contributed by atoms with van der Waals surface area (Å²) in [5.74, 6) is -0.272. The first kappa shape index (κ1) is 18.7. The summed E-state index contributed by atoms with van der Waals surface area (Å²) in [6, 6.07) is 5.31. The van der Waals surface area contributed by atoms with E-state index in [1.54, 1.807) is 12.1 Å². The maximum Gasteiger partial charge on any atom is 0.273 e. The predicted molar refractivity (Wildman–Crippen MR) is 95.5 cm³/mol. The van der Waals surface area contributed by atoms with Crippen molar-refractivity contribution in [1.29, 1.82) is 0 Å². The highest BCUT2D eigenvalue weighted by Crippen LogP contribution is 2.31. The van der Waals surface area contributed by atoms with Gasteiger partial charge in [-0.05, 0) is 49.4 Å². The van der Waals surface area contributed by atoms with Gasteiger partial charge in [-0.15, -0.1) is 12.4 Å². The van der Waals surface area contributed by atoms with E-state index in [2.05, 4.69) is 0 Å². The van der Waals surface area contributed by atoms with Crippen molar-refractivity contribution < 1.29 is 19.1 Å². The molecule has 1 aromatic rings. The van der Waals surface area contributed by atoms with Crippen LogP contribution in [0.4, 0.5) is 0 Å². The van der Waals surface area contributed by atoms with Crippen LogP contribution >= 0.6 is 12.4 Å². The Kier molecular flexibility index (Phi) is 5.20. The number of imide groups is 1. The molecule has 2 atom stereocenters. The molecule has 0 unspecified atom stereocenters. The Morgan fingerprint density at radius 3 is 2.42 bits per heavy atom. The van der Waals surface area contributed by atoms with E-state index in [-0.39, 0.29) is 48.8 Å². The van der Waals surface area contributed by atoms with Crippen LogP contribution in [0.25, 0.3) is 0 Å². The molecule has 0 radical (unpaired) electrons. The fourth-order valence-corrected chi connectivity index (χ4v) is 3.80. The first-order valence-corrected chi connectivity index (χ1v) is 8.77. The fourth-order valence-electron chi connectivity index (χ4n) is 3.80. The van der Waals surface area contributed by atoms with E-state index in [1.807, 2.05) is 6.07 Å². The molecule has 1 aliphatic carbocycles. The molecule has 4 rings (SSSR count). The molecule has 0 spiro atoms. The molecule has 1 saturated heterocycles. The molecular formula is C18H22ClN3O4. The smallest absolute Gasteiger partial charge is 0.273 e. The minimum absolute atomic E-state index is 0. The van der Waals surface area contributed by atoms with E-state index in [0.29, 0.717) is 30.6 Å². The Labute approximate surface area is 157 Å². The molecule has 140 valence electrons. The normalized spacial score (nSPS) is 25.3. The van der Waals surface area contributed by atoms with Crippen LogP contribution in [0.3, 0.4) is 0 Å². The fraction of sp³-hybridized carbons (Fsp3) is 0.500. The molecule has 26 heavy (non-hydrogen) atoms. The number of hydrogen-bond acceptors (Lipinski definition) is 5.